The quantitative estimate of drug-likeness (QED) is 0.819. The highest BCUT2D eigenvalue weighted by Crippen LogP contribution is 2.61. The molecule has 2 saturated carbocycles. The van der Waals surface area contributed by atoms with Gasteiger partial charge in [-0.15, -0.1) is 10.2 Å². The number of carbonyl (C=O) groups excluding carboxylic acids is 1. The number of aromatic nitrogens is 2. The summed E-state index contributed by atoms with van der Waals surface area (Å²) < 4.78 is 0. The Morgan fingerprint density at radius 1 is 1.37 bits per heavy atom. The first-order valence-corrected chi connectivity index (χ1v) is 7.09. The lowest BCUT2D eigenvalue weighted by Gasteiger charge is -2.15. The van der Waals surface area contributed by atoms with Gasteiger partial charge in [0, 0.05) is 13.1 Å². The van der Waals surface area contributed by atoms with Gasteiger partial charge < -0.3 is 10.6 Å². The molecule has 2 aliphatic rings. The first-order chi connectivity index (χ1) is 9.23. The van der Waals surface area contributed by atoms with Crippen molar-refractivity contribution in [2.24, 2.45) is 11.3 Å². The maximum Gasteiger partial charge on any atom is 0.271 e. The van der Waals surface area contributed by atoms with Gasteiger partial charge in [-0.3, -0.25) is 4.79 Å². The summed E-state index contributed by atoms with van der Waals surface area (Å²) in [5.74, 6) is 1.53. The van der Waals surface area contributed by atoms with Crippen LogP contribution in [-0.4, -0.2) is 29.2 Å². The van der Waals surface area contributed by atoms with Crippen LogP contribution in [0.4, 0.5) is 5.82 Å². The van der Waals surface area contributed by atoms with Crippen molar-refractivity contribution in [1.82, 2.24) is 15.5 Å². The molecule has 0 radical (unpaired) electrons. The SMILES string of the molecule is CCNC(=O)c1ccc(NCC2(C3CC3)CC2)nn1. The number of hydrogen-bond acceptors (Lipinski definition) is 4. The number of carbonyl (C=O) groups is 1. The van der Waals surface area contributed by atoms with Crippen molar-refractivity contribution >= 4 is 11.7 Å². The Morgan fingerprint density at radius 3 is 2.68 bits per heavy atom. The molecule has 102 valence electrons. The van der Waals surface area contributed by atoms with Crippen LogP contribution < -0.4 is 10.6 Å². The van der Waals surface area contributed by atoms with Gasteiger partial charge >= 0.3 is 0 Å². The average molecular weight is 260 g/mol. The molecule has 2 N–H and O–H groups in total. The second-order valence-electron chi connectivity index (χ2n) is 5.65. The summed E-state index contributed by atoms with van der Waals surface area (Å²) in [5, 5.41) is 14.1. The highest BCUT2D eigenvalue weighted by Gasteiger charge is 2.53. The number of hydrogen-bond donors (Lipinski definition) is 2. The number of rotatable bonds is 6. The van der Waals surface area contributed by atoms with Crippen molar-refractivity contribution in [3.63, 3.8) is 0 Å². The van der Waals surface area contributed by atoms with Crippen LogP contribution in [-0.2, 0) is 0 Å². The standard InChI is InChI=1S/C14H20N4O/c1-2-15-13(19)11-5-6-12(18-17-11)16-9-14(7-8-14)10-3-4-10/h5-6,10H,2-4,7-9H2,1H3,(H,15,19)(H,16,18). The summed E-state index contributed by atoms with van der Waals surface area (Å²) in [5.41, 5.74) is 0.913. The van der Waals surface area contributed by atoms with E-state index in [4.69, 9.17) is 0 Å². The fourth-order valence-electron chi connectivity index (χ4n) is 2.65. The Morgan fingerprint density at radius 2 is 2.16 bits per heavy atom. The van der Waals surface area contributed by atoms with Crippen molar-refractivity contribution in [2.45, 2.75) is 32.6 Å². The minimum Gasteiger partial charge on any atom is -0.368 e. The summed E-state index contributed by atoms with van der Waals surface area (Å²) in [7, 11) is 0. The molecule has 0 aliphatic heterocycles. The molecular weight excluding hydrogens is 240 g/mol. The first-order valence-electron chi connectivity index (χ1n) is 7.09. The van der Waals surface area contributed by atoms with Crippen LogP contribution in [0.5, 0.6) is 0 Å². The van der Waals surface area contributed by atoms with Gasteiger partial charge in [-0.05, 0) is 56.1 Å². The number of anilines is 1. The van der Waals surface area contributed by atoms with E-state index >= 15 is 0 Å². The van der Waals surface area contributed by atoms with E-state index in [0.717, 1.165) is 18.3 Å². The fraction of sp³-hybridized carbons (Fsp3) is 0.643. The lowest BCUT2D eigenvalue weighted by atomic mass is 10.0. The Kier molecular flexibility index (Phi) is 3.12. The van der Waals surface area contributed by atoms with E-state index in [1.165, 1.54) is 25.7 Å². The molecule has 2 fully saturated rings. The van der Waals surface area contributed by atoms with Crippen molar-refractivity contribution < 1.29 is 4.79 Å². The molecule has 0 bridgehead atoms. The van der Waals surface area contributed by atoms with Crippen molar-refractivity contribution in [3.05, 3.63) is 17.8 Å². The highest BCUT2D eigenvalue weighted by atomic mass is 16.1. The molecule has 3 rings (SSSR count). The van der Waals surface area contributed by atoms with Gasteiger partial charge in [0.05, 0.1) is 0 Å². The topological polar surface area (TPSA) is 66.9 Å². The van der Waals surface area contributed by atoms with Crippen molar-refractivity contribution in [3.8, 4) is 0 Å². The third kappa shape index (κ3) is 2.69. The zero-order chi connectivity index (χ0) is 13.3. The zero-order valence-corrected chi connectivity index (χ0v) is 11.3. The van der Waals surface area contributed by atoms with E-state index in [-0.39, 0.29) is 5.91 Å². The molecule has 0 saturated heterocycles. The molecule has 0 atom stereocenters. The van der Waals surface area contributed by atoms with Crippen LogP contribution in [0.15, 0.2) is 12.1 Å². The van der Waals surface area contributed by atoms with Gasteiger partial charge in [-0.25, -0.2) is 0 Å². The smallest absolute Gasteiger partial charge is 0.271 e. The third-order valence-electron chi connectivity index (χ3n) is 4.19. The average Bonchev–Trinajstić information content (AvgIpc) is 3.29. The van der Waals surface area contributed by atoms with E-state index in [1.807, 2.05) is 13.0 Å². The van der Waals surface area contributed by atoms with Crippen molar-refractivity contribution in [2.75, 3.05) is 18.4 Å². The number of nitrogens with one attached hydrogen (secondary N) is 2. The summed E-state index contributed by atoms with van der Waals surface area (Å²) in [6.45, 7) is 3.48. The number of amides is 1. The normalized spacial score (nSPS) is 19.8. The fourth-order valence-corrected chi connectivity index (χ4v) is 2.65. The molecule has 5 nitrogen and oxygen atoms in total. The van der Waals surface area contributed by atoms with Crippen LogP contribution in [0.3, 0.4) is 0 Å². The highest BCUT2D eigenvalue weighted by molar-refractivity contribution is 5.92. The maximum atomic E-state index is 11.5. The van der Waals surface area contributed by atoms with Gasteiger partial charge in [-0.1, -0.05) is 0 Å². The lowest BCUT2D eigenvalue weighted by Crippen LogP contribution is -2.24. The Labute approximate surface area is 113 Å². The van der Waals surface area contributed by atoms with Crippen LogP contribution in [0, 0.1) is 11.3 Å². The predicted molar refractivity (Wildman–Crippen MR) is 72.9 cm³/mol. The minimum atomic E-state index is -0.168. The third-order valence-corrected chi connectivity index (χ3v) is 4.19. The van der Waals surface area contributed by atoms with Crippen LogP contribution in [0.2, 0.25) is 0 Å². The maximum absolute atomic E-state index is 11.5. The Balaban J connectivity index is 1.55. The van der Waals surface area contributed by atoms with Gasteiger partial charge in [0.2, 0.25) is 0 Å². The lowest BCUT2D eigenvalue weighted by molar-refractivity contribution is 0.0950. The minimum absolute atomic E-state index is 0.168. The number of nitrogens with zero attached hydrogens (tertiary/aromatic N) is 2. The van der Waals surface area contributed by atoms with E-state index in [0.29, 0.717) is 17.7 Å². The summed E-state index contributed by atoms with van der Waals surface area (Å²) in [4.78, 5) is 11.5. The van der Waals surface area contributed by atoms with E-state index in [9.17, 15) is 4.79 Å². The molecular formula is C14H20N4O. The van der Waals surface area contributed by atoms with Gasteiger partial charge in [0.15, 0.2) is 5.69 Å². The molecule has 2 aliphatic carbocycles. The molecule has 19 heavy (non-hydrogen) atoms. The Bertz CT molecular complexity index is 463. The van der Waals surface area contributed by atoms with Gasteiger partial charge in [0.1, 0.15) is 5.82 Å². The van der Waals surface area contributed by atoms with Gasteiger partial charge in [0.25, 0.3) is 5.91 Å². The monoisotopic (exact) mass is 260 g/mol. The van der Waals surface area contributed by atoms with Crippen LogP contribution >= 0.6 is 0 Å². The molecule has 1 amide bonds. The van der Waals surface area contributed by atoms with E-state index < -0.39 is 0 Å². The second kappa shape index (κ2) is 4.79. The Hall–Kier alpha value is -1.65. The summed E-state index contributed by atoms with van der Waals surface area (Å²) in [6.07, 6.45) is 5.47. The van der Waals surface area contributed by atoms with Crippen molar-refractivity contribution in [1.29, 1.82) is 0 Å². The molecule has 0 spiro atoms. The largest absolute Gasteiger partial charge is 0.368 e. The van der Waals surface area contributed by atoms with E-state index in [1.54, 1.807) is 6.07 Å². The first kappa shape index (κ1) is 12.4. The van der Waals surface area contributed by atoms with Crippen LogP contribution in [0.25, 0.3) is 0 Å². The zero-order valence-electron chi connectivity index (χ0n) is 11.3. The molecule has 1 heterocycles. The predicted octanol–water partition coefficient (Wildman–Crippen LogP) is 1.83. The van der Waals surface area contributed by atoms with E-state index in [2.05, 4.69) is 20.8 Å². The molecule has 1 aromatic heterocycles. The summed E-state index contributed by atoms with van der Waals surface area (Å²) >= 11 is 0. The molecule has 1 aromatic rings. The second-order valence-corrected chi connectivity index (χ2v) is 5.65. The summed E-state index contributed by atoms with van der Waals surface area (Å²) in [6, 6.07) is 3.55. The van der Waals surface area contributed by atoms with Crippen LogP contribution in [0.1, 0.15) is 43.1 Å². The van der Waals surface area contributed by atoms with Gasteiger partial charge in [-0.2, -0.15) is 0 Å². The molecule has 0 unspecified atom stereocenters. The molecule has 0 aromatic carbocycles. The molecule has 5 heteroatoms.